The minimum atomic E-state index is -0.637. The van der Waals surface area contributed by atoms with E-state index in [2.05, 4.69) is 10.4 Å². The summed E-state index contributed by atoms with van der Waals surface area (Å²) in [5, 5.41) is 6.61. The van der Waals surface area contributed by atoms with Gasteiger partial charge in [-0.25, -0.2) is 4.79 Å². The van der Waals surface area contributed by atoms with Crippen LogP contribution in [0.25, 0.3) is 11.5 Å². The van der Waals surface area contributed by atoms with Crippen LogP contribution in [0.1, 0.15) is 12.5 Å². The Morgan fingerprint density at radius 1 is 1.37 bits per heavy atom. The highest BCUT2D eigenvalue weighted by atomic mass is 16.4. The van der Waals surface area contributed by atoms with Crippen LogP contribution in [-0.2, 0) is 11.3 Å². The number of rotatable bonds is 4. The molecule has 0 aliphatic heterocycles. The summed E-state index contributed by atoms with van der Waals surface area (Å²) in [5.74, 6) is -0.690. The second-order valence-electron chi connectivity index (χ2n) is 4.15. The van der Waals surface area contributed by atoms with Gasteiger partial charge in [0.1, 0.15) is 6.54 Å². The number of nitrogens with zero attached hydrogens (tertiary/aromatic N) is 2. The van der Waals surface area contributed by atoms with E-state index in [9.17, 15) is 9.59 Å². The van der Waals surface area contributed by atoms with Gasteiger partial charge in [0.05, 0.1) is 0 Å². The standard InChI is InChI=1S/C13H15N3O3/c1-3-14-11(17)8-16-13(18)19-12(15-16)10-6-4-9(2)5-7-10/h4-7H,3,8H2,1-2H3,(H,14,17). The molecule has 0 saturated heterocycles. The molecule has 1 heterocycles. The van der Waals surface area contributed by atoms with Gasteiger partial charge in [0.25, 0.3) is 0 Å². The lowest BCUT2D eigenvalue weighted by molar-refractivity contribution is -0.121. The minimum Gasteiger partial charge on any atom is -0.388 e. The van der Waals surface area contributed by atoms with E-state index < -0.39 is 5.76 Å². The van der Waals surface area contributed by atoms with Crippen molar-refractivity contribution >= 4 is 5.91 Å². The van der Waals surface area contributed by atoms with Crippen LogP contribution < -0.4 is 11.1 Å². The van der Waals surface area contributed by atoms with Crippen molar-refractivity contribution in [2.75, 3.05) is 6.54 Å². The highest BCUT2D eigenvalue weighted by molar-refractivity contribution is 5.75. The third-order valence-corrected chi connectivity index (χ3v) is 2.57. The van der Waals surface area contributed by atoms with Crippen LogP contribution in [-0.4, -0.2) is 22.2 Å². The quantitative estimate of drug-likeness (QED) is 0.888. The van der Waals surface area contributed by atoms with Crippen molar-refractivity contribution in [1.29, 1.82) is 0 Å². The summed E-state index contributed by atoms with van der Waals surface area (Å²) >= 11 is 0. The zero-order valence-electron chi connectivity index (χ0n) is 10.8. The fraction of sp³-hybridized carbons (Fsp3) is 0.308. The fourth-order valence-corrected chi connectivity index (χ4v) is 1.61. The van der Waals surface area contributed by atoms with E-state index >= 15 is 0 Å². The first-order chi connectivity index (χ1) is 9.10. The monoisotopic (exact) mass is 261 g/mol. The van der Waals surface area contributed by atoms with Gasteiger partial charge in [-0.2, -0.15) is 4.68 Å². The topological polar surface area (TPSA) is 77.1 Å². The lowest BCUT2D eigenvalue weighted by Crippen LogP contribution is -2.31. The summed E-state index contributed by atoms with van der Waals surface area (Å²) in [6.45, 7) is 4.15. The van der Waals surface area contributed by atoms with Gasteiger partial charge in [0, 0.05) is 12.1 Å². The van der Waals surface area contributed by atoms with Gasteiger partial charge in [0.2, 0.25) is 11.8 Å². The molecule has 0 unspecified atom stereocenters. The first kappa shape index (κ1) is 13.1. The van der Waals surface area contributed by atoms with Crippen LogP contribution in [0.2, 0.25) is 0 Å². The van der Waals surface area contributed by atoms with E-state index in [0.29, 0.717) is 12.1 Å². The third-order valence-electron chi connectivity index (χ3n) is 2.57. The summed E-state index contributed by atoms with van der Waals surface area (Å²) in [4.78, 5) is 23.0. The Labute approximate surface area is 110 Å². The predicted molar refractivity (Wildman–Crippen MR) is 69.6 cm³/mol. The average Bonchev–Trinajstić information content (AvgIpc) is 2.72. The molecular formula is C13H15N3O3. The molecule has 0 aliphatic rings. The summed E-state index contributed by atoms with van der Waals surface area (Å²) in [6, 6.07) is 7.43. The van der Waals surface area contributed by atoms with Gasteiger partial charge >= 0.3 is 5.76 Å². The number of amides is 1. The summed E-state index contributed by atoms with van der Waals surface area (Å²) < 4.78 is 6.05. The number of nitrogens with one attached hydrogen (secondary N) is 1. The van der Waals surface area contributed by atoms with Gasteiger partial charge in [-0.05, 0) is 26.0 Å². The molecule has 0 spiro atoms. The van der Waals surface area contributed by atoms with Crippen molar-refractivity contribution < 1.29 is 9.21 Å². The maximum atomic E-state index is 11.6. The summed E-state index contributed by atoms with van der Waals surface area (Å²) in [5.41, 5.74) is 1.81. The number of aromatic nitrogens is 2. The van der Waals surface area contributed by atoms with Crippen LogP contribution in [0.5, 0.6) is 0 Å². The van der Waals surface area contributed by atoms with Crippen LogP contribution in [0.15, 0.2) is 33.5 Å². The zero-order chi connectivity index (χ0) is 13.8. The Morgan fingerprint density at radius 3 is 2.68 bits per heavy atom. The number of carbonyl (C=O) groups is 1. The molecule has 1 aromatic heterocycles. The molecule has 19 heavy (non-hydrogen) atoms. The Balaban J connectivity index is 2.23. The fourth-order valence-electron chi connectivity index (χ4n) is 1.61. The van der Waals surface area contributed by atoms with E-state index in [1.54, 1.807) is 6.92 Å². The van der Waals surface area contributed by atoms with Gasteiger partial charge in [-0.1, -0.05) is 17.7 Å². The third kappa shape index (κ3) is 3.09. The molecule has 0 saturated carbocycles. The Hall–Kier alpha value is -2.37. The molecule has 2 aromatic rings. The van der Waals surface area contributed by atoms with E-state index in [4.69, 9.17) is 4.42 Å². The van der Waals surface area contributed by atoms with Crippen molar-refractivity contribution in [2.45, 2.75) is 20.4 Å². The molecule has 0 atom stereocenters. The van der Waals surface area contributed by atoms with E-state index in [1.807, 2.05) is 31.2 Å². The van der Waals surface area contributed by atoms with Crippen LogP contribution in [0, 0.1) is 6.92 Å². The summed E-state index contributed by atoms with van der Waals surface area (Å²) in [7, 11) is 0. The van der Waals surface area contributed by atoms with Crippen molar-refractivity contribution in [3.05, 3.63) is 40.4 Å². The van der Waals surface area contributed by atoms with Gasteiger partial charge in [-0.3, -0.25) is 4.79 Å². The lowest BCUT2D eigenvalue weighted by Gasteiger charge is -1.99. The SMILES string of the molecule is CCNC(=O)Cn1nc(-c2ccc(C)cc2)oc1=O. The van der Waals surface area contributed by atoms with E-state index in [0.717, 1.165) is 10.2 Å². The molecule has 1 N–H and O–H groups in total. The Bertz CT molecular complexity index is 625. The molecule has 1 aromatic carbocycles. The molecule has 1 amide bonds. The normalized spacial score (nSPS) is 10.4. The van der Waals surface area contributed by atoms with Crippen LogP contribution >= 0.6 is 0 Å². The highest BCUT2D eigenvalue weighted by Crippen LogP contribution is 2.15. The van der Waals surface area contributed by atoms with E-state index in [-0.39, 0.29) is 18.3 Å². The number of hydrogen-bond donors (Lipinski definition) is 1. The van der Waals surface area contributed by atoms with Gasteiger partial charge in [-0.15, -0.1) is 5.10 Å². The second-order valence-corrected chi connectivity index (χ2v) is 4.15. The van der Waals surface area contributed by atoms with Crippen molar-refractivity contribution in [3.8, 4) is 11.5 Å². The smallest absolute Gasteiger partial charge is 0.388 e. The molecule has 0 fully saturated rings. The number of hydrogen-bond acceptors (Lipinski definition) is 4. The molecule has 2 rings (SSSR count). The highest BCUT2D eigenvalue weighted by Gasteiger charge is 2.12. The maximum Gasteiger partial charge on any atom is 0.437 e. The number of benzene rings is 1. The van der Waals surface area contributed by atoms with Crippen LogP contribution in [0.4, 0.5) is 0 Å². The molecule has 6 heteroatoms. The molecule has 6 nitrogen and oxygen atoms in total. The average molecular weight is 261 g/mol. The number of likely N-dealkylation sites (N-methyl/N-ethyl adjacent to an activating group) is 1. The Kier molecular flexibility index (Phi) is 3.79. The molecule has 0 radical (unpaired) electrons. The maximum absolute atomic E-state index is 11.6. The number of aryl methyl sites for hydroxylation is 1. The first-order valence-corrected chi connectivity index (χ1v) is 6.02. The van der Waals surface area contributed by atoms with Crippen molar-refractivity contribution in [1.82, 2.24) is 15.1 Å². The lowest BCUT2D eigenvalue weighted by atomic mass is 10.1. The largest absolute Gasteiger partial charge is 0.437 e. The van der Waals surface area contributed by atoms with Gasteiger partial charge in [0.15, 0.2) is 0 Å². The summed E-state index contributed by atoms with van der Waals surface area (Å²) in [6.07, 6.45) is 0. The second kappa shape index (κ2) is 5.51. The zero-order valence-corrected chi connectivity index (χ0v) is 10.8. The van der Waals surface area contributed by atoms with E-state index in [1.165, 1.54) is 0 Å². The first-order valence-electron chi connectivity index (χ1n) is 6.02. The van der Waals surface area contributed by atoms with Gasteiger partial charge < -0.3 is 9.73 Å². The van der Waals surface area contributed by atoms with Crippen LogP contribution in [0.3, 0.4) is 0 Å². The molecule has 0 aliphatic carbocycles. The molecule has 100 valence electrons. The Morgan fingerprint density at radius 2 is 2.05 bits per heavy atom. The minimum absolute atomic E-state index is 0.137. The van der Waals surface area contributed by atoms with Crippen molar-refractivity contribution in [2.24, 2.45) is 0 Å². The molecular weight excluding hydrogens is 246 g/mol. The predicted octanol–water partition coefficient (Wildman–Crippen LogP) is 0.948. The van der Waals surface area contributed by atoms with Crippen molar-refractivity contribution in [3.63, 3.8) is 0 Å². The number of carbonyl (C=O) groups excluding carboxylic acids is 1. The molecule has 0 bridgehead atoms.